The van der Waals surface area contributed by atoms with Gasteiger partial charge < -0.3 is 10.3 Å². The maximum atomic E-state index is 13.4. The molecule has 0 spiro atoms. The second kappa shape index (κ2) is 6.69. The van der Waals surface area contributed by atoms with Crippen LogP contribution >= 0.6 is 0 Å². The molecular formula is C17H21FN2OS. The third kappa shape index (κ3) is 4.00. The zero-order chi connectivity index (χ0) is 16.3. The van der Waals surface area contributed by atoms with Gasteiger partial charge in [-0.25, -0.2) is 4.39 Å². The third-order valence-corrected chi connectivity index (χ3v) is 4.83. The molecular weight excluding hydrogens is 299 g/mol. The number of nitrogen functional groups attached to an aromatic ring is 1. The van der Waals surface area contributed by atoms with E-state index >= 15 is 0 Å². The van der Waals surface area contributed by atoms with Gasteiger partial charge in [0.05, 0.1) is 5.69 Å². The monoisotopic (exact) mass is 320 g/mol. The van der Waals surface area contributed by atoms with Crippen LogP contribution in [0.15, 0.2) is 48.5 Å². The van der Waals surface area contributed by atoms with E-state index < -0.39 is 21.9 Å². The van der Waals surface area contributed by atoms with Crippen molar-refractivity contribution in [3.05, 3.63) is 65.5 Å². The molecule has 22 heavy (non-hydrogen) atoms. The minimum Gasteiger partial charge on any atom is -0.598 e. The first-order valence-corrected chi connectivity index (χ1v) is 8.22. The van der Waals surface area contributed by atoms with E-state index in [0.717, 1.165) is 11.1 Å². The van der Waals surface area contributed by atoms with Crippen LogP contribution in [0.4, 0.5) is 10.1 Å². The maximum Gasteiger partial charge on any atom is 0.146 e. The van der Waals surface area contributed by atoms with Gasteiger partial charge in [-0.1, -0.05) is 36.4 Å². The van der Waals surface area contributed by atoms with Crippen molar-refractivity contribution in [3.8, 4) is 0 Å². The molecule has 118 valence electrons. The Morgan fingerprint density at radius 3 is 2.27 bits per heavy atom. The van der Waals surface area contributed by atoms with Gasteiger partial charge in [0.1, 0.15) is 16.6 Å². The molecule has 0 aliphatic rings. The Kier molecular flexibility index (Phi) is 5.11. The van der Waals surface area contributed by atoms with Crippen molar-refractivity contribution in [1.82, 2.24) is 4.72 Å². The summed E-state index contributed by atoms with van der Waals surface area (Å²) < 4.78 is 28.6. The van der Waals surface area contributed by atoms with E-state index in [-0.39, 0.29) is 11.7 Å². The van der Waals surface area contributed by atoms with E-state index in [1.54, 1.807) is 12.1 Å². The number of benzene rings is 2. The standard InChI is InChI=1S/C17H21FN2OS/c1-17(2,3)22(21)20-16(12-7-5-4-6-8-12)13-9-10-14(18)15(19)11-13/h4-11,16,20H,19H2,1-3H3/t16-,22+/m0/s1. The summed E-state index contributed by atoms with van der Waals surface area (Å²) in [6.45, 7) is 5.70. The summed E-state index contributed by atoms with van der Waals surface area (Å²) in [7, 11) is 0. The maximum absolute atomic E-state index is 13.4. The average Bonchev–Trinajstić information content (AvgIpc) is 2.47. The molecule has 0 bridgehead atoms. The summed E-state index contributed by atoms with van der Waals surface area (Å²) in [5.41, 5.74) is 7.49. The highest BCUT2D eigenvalue weighted by Gasteiger charge is 2.30. The van der Waals surface area contributed by atoms with Gasteiger partial charge in [0.2, 0.25) is 0 Å². The molecule has 2 aromatic rings. The summed E-state index contributed by atoms with van der Waals surface area (Å²) in [6, 6.07) is 13.9. The van der Waals surface area contributed by atoms with E-state index in [0.29, 0.717) is 0 Å². The van der Waals surface area contributed by atoms with Gasteiger partial charge in [-0.2, -0.15) is 0 Å². The normalized spacial score (nSPS) is 14.6. The van der Waals surface area contributed by atoms with Crippen molar-refractivity contribution in [1.29, 1.82) is 0 Å². The highest BCUT2D eigenvalue weighted by Crippen LogP contribution is 2.27. The number of anilines is 1. The first-order valence-electron chi connectivity index (χ1n) is 7.07. The van der Waals surface area contributed by atoms with E-state index in [4.69, 9.17) is 5.73 Å². The predicted molar refractivity (Wildman–Crippen MR) is 90.1 cm³/mol. The van der Waals surface area contributed by atoms with Gasteiger partial charge in [0, 0.05) is 11.4 Å². The summed E-state index contributed by atoms with van der Waals surface area (Å²) in [5.74, 6) is -0.451. The zero-order valence-corrected chi connectivity index (χ0v) is 13.8. The number of rotatable bonds is 4. The van der Waals surface area contributed by atoms with E-state index in [2.05, 4.69) is 4.72 Å². The molecule has 0 amide bonds. The number of halogens is 1. The van der Waals surface area contributed by atoms with Gasteiger partial charge in [0.25, 0.3) is 0 Å². The molecule has 0 aliphatic heterocycles. The van der Waals surface area contributed by atoms with Gasteiger partial charge in [0.15, 0.2) is 0 Å². The lowest BCUT2D eigenvalue weighted by atomic mass is 9.99. The van der Waals surface area contributed by atoms with Crippen LogP contribution in [0.2, 0.25) is 0 Å². The van der Waals surface area contributed by atoms with Crippen LogP contribution in [0.25, 0.3) is 0 Å². The highest BCUT2D eigenvalue weighted by molar-refractivity contribution is 7.90. The summed E-state index contributed by atoms with van der Waals surface area (Å²) in [6.07, 6.45) is 0. The molecule has 0 aromatic heterocycles. The molecule has 2 aromatic carbocycles. The second-order valence-corrected chi connectivity index (χ2v) is 8.12. The van der Waals surface area contributed by atoms with Crippen molar-refractivity contribution in [2.45, 2.75) is 31.6 Å². The van der Waals surface area contributed by atoms with Crippen molar-refractivity contribution < 1.29 is 8.94 Å². The molecule has 2 rings (SSSR count). The molecule has 0 saturated carbocycles. The topological polar surface area (TPSA) is 61.1 Å². The van der Waals surface area contributed by atoms with Gasteiger partial charge >= 0.3 is 0 Å². The molecule has 3 nitrogen and oxygen atoms in total. The van der Waals surface area contributed by atoms with Crippen molar-refractivity contribution in [2.75, 3.05) is 5.73 Å². The molecule has 2 atom stereocenters. The fourth-order valence-electron chi connectivity index (χ4n) is 2.00. The second-order valence-electron chi connectivity index (χ2n) is 6.12. The van der Waals surface area contributed by atoms with Gasteiger partial charge in [-0.15, -0.1) is 4.72 Å². The first kappa shape index (κ1) is 16.8. The summed E-state index contributed by atoms with van der Waals surface area (Å²) in [5, 5.41) is 0. The Labute approximate surface area is 134 Å². The summed E-state index contributed by atoms with van der Waals surface area (Å²) in [4.78, 5) is 0. The number of hydrogen-bond donors (Lipinski definition) is 2. The third-order valence-electron chi connectivity index (χ3n) is 3.27. The number of nitrogens with one attached hydrogen (secondary N) is 1. The van der Waals surface area contributed by atoms with Crippen LogP contribution in [0.1, 0.15) is 37.9 Å². The quantitative estimate of drug-likeness (QED) is 0.669. The minimum absolute atomic E-state index is 0.0850. The molecule has 0 heterocycles. The minimum atomic E-state index is -1.26. The molecule has 0 saturated heterocycles. The first-order chi connectivity index (χ1) is 10.3. The lowest BCUT2D eigenvalue weighted by Crippen LogP contribution is -2.41. The smallest absolute Gasteiger partial charge is 0.146 e. The predicted octanol–water partition coefficient (Wildman–Crippen LogP) is 3.55. The lowest BCUT2D eigenvalue weighted by Gasteiger charge is -2.28. The van der Waals surface area contributed by atoms with Crippen LogP contribution < -0.4 is 10.5 Å². The SMILES string of the molecule is CC(C)(C)[S@@+]([O-])N[C@@H](c1ccccc1)c1ccc(F)c(N)c1. The molecule has 0 radical (unpaired) electrons. The van der Waals surface area contributed by atoms with Crippen molar-refractivity contribution >= 4 is 17.0 Å². The molecule has 0 unspecified atom stereocenters. The van der Waals surface area contributed by atoms with Crippen LogP contribution in [-0.4, -0.2) is 9.30 Å². The summed E-state index contributed by atoms with van der Waals surface area (Å²) >= 11 is -1.26. The van der Waals surface area contributed by atoms with Crippen molar-refractivity contribution in [2.24, 2.45) is 0 Å². The fraction of sp³-hybridized carbons (Fsp3) is 0.294. The lowest BCUT2D eigenvalue weighted by molar-refractivity contribution is 0.535. The van der Waals surface area contributed by atoms with E-state index in [1.807, 2.05) is 51.1 Å². The molecule has 0 aliphatic carbocycles. The fourth-order valence-corrected chi connectivity index (χ4v) is 2.84. The highest BCUT2D eigenvalue weighted by atomic mass is 32.2. The Hall–Kier alpha value is -1.56. The molecule has 3 N–H and O–H groups in total. The average molecular weight is 320 g/mol. The van der Waals surface area contributed by atoms with E-state index in [1.165, 1.54) is 6.07 Å². The molecule has 0 fully saturated rings. The van der Waals surface area contributed by atoms with Crippen molar-refractivity contribution in [3.63, 3.8) is 0 Å². The zero-order valence-electron chi connectivity index (χ0n) is 13.0. The number of nitrogens with two attached hydrogens (primary N) is 1. The van der Waals surface area contributed by atoms with E-state index in [9.17, 15) is 8.94 Å². The van der Waals surface area contributed by atoms with Gasteiger partial charge in [-0.3, -0.25) is 0 Å². The Balaban J connectivity index is 2.39. The van der Waals surface area contributed by atoms with Crippen LogP contribution in [0.5, 0.6) is 0 Å². The largest absolute Gasteiger partial charge is 0.598 e. The van der Waals surface area contributed by atoms with Crippen LogP contribution in [-0.2, 0) is 11.4 Å². The molecule has 5 heteroatoms. The van der Waals surface area contributed by atoms with Crippen LogP contribution in [0.3, 0.4) is 0 Å². The number of hydrogen-bond acceptors (Lipinski definition) is 3. The van der Waals surface area contributed by atoms with Gasteiger partial charge in [-0.05, 0) is 44.0 Å². The Bertz CT molecular complexity index is 628. The Morgan fingerprint density at radius 2 is 1.73 bits per heavy atom. The van der Waals surface area contributed by atoms with Crippen LogP contribution in [0, 0.1) is 5.82 Å². The Morgan fingerprint density at radius 1 is 1.09 bits per heavy atom.